The number of carbonyl (C=O) groups is 1. The third-order valence-corrected chi connectivity index (χ3v) is 4.71. The van der Waals surface area contributed by atoms with Crippen molar-refractivity contribution in [3.05, 3.63) is 28.2 Å². The molecule has 2 aliphatic heterocycles. The van der Waals surface area contributed by atoms with Crippen molar-refractivity contribution in [1.29, 1.82) is 0 Å². The Morgan fingerprint density at radius 1 is 1.32 bits per heavy atom. The zero-order chi connectivity index (χ0) is 15.5. The number of amides is 1. The van der Waals surface area contributed by atoms with E-state index in [1.807, 2.05) is 6.92 Å². The third kappa shape index (κ3) is 3.06. The number of nitrogens with one attached hydrogen (secondary N) is 1. The number of aromatic nitrogens is 2. The lowest BCUT2D eigenvalue weighted by atomic mass is 9.99. The molecule has 1 aromatic heterocycles. The van der Waals surface area contributed by atoms with Gasteiger partial charge in [0.2, 0.25) is 0 Å². The van der Waals surface area contributed by atoms with E-state index in [-0.39, 0.29) is 17.5 Å². The fraction of sp³-hybridized carbons (Fsp3) is 0.688. The van der Waals surface area contributed by atoms with Crippen LogP contribution in [-0.4, -0.2) is 45.8 Å². The first-order valence-electron chi connectivity index (χ1n) is 8.32. The first kappa shape index (κ1) is 15.2. The summed E-state index contributed by atoms with van der Waals surface area (Å²) in [5, 5.41) is 7.31. The fourth-order valence-electron chi connectivity index (χ4n) is 3.60. The van der Waals surface area contributed by atoms with Crippen molar-refractivity contribution in [3.63, 3.8) is 0 Å². The Morgan fingerprint density at radius 3 is 3.00 bits per heavy atom. The molecule has 0 radical (unpaired) electrons. The molecule has 3 heterocycles. The highest BCUT2D eigenvalue weighted by Gasteiger charge is 2.36. The summed E-state index contributed by atoms with van der Waals surface area (Å²) in [6.45, 7) is 4.74. The van der Waals surface area contributed by atoms with E-state index in [2.05, 4.69) is 15.3 Å². The molecule has 3 rings (SSSR count). The number of aryl methyl sites for hydroxylation is 1. The Labute approximate surface area is 130 Å². The zero-order valence-electron chi connectivity index (χ0n) is 13.1. The summed E-state index contributed by atoms with van der Waals surface area (Å²) < 4.78 is 1.37. The molecule has 6 heteroatoms. The average Bonchev–Trinajstić information content (AvgIpc) is 2.93. The van der Waals surface area contributed by atoms with Gasteiger partial charge < -0.3 is 5.32 Å². The van der Waals surface area contributed by atoms with Gasteiger partial charge in [0.1, 0.15) is 5.69 Å². The van der Waals surface area contributed by atoms with Crippen LogP contribution in [0.5, 0.6) is 0 Å². The molecule has 0 spiro atoms. The van der Waals surface area contributed by atoms with E-state index >= 15 is 0 Å². The van der Waals surface area contributed by atoms with E-state index in [1.165, 1.54) is 29.7 Å². The highest BCUT2D eigenvalue weighted by Crippen LogP contribution is 2.27. The molecule has 2 fully saturated rings. The Hall–Kier alpha value is -1.69. The molecule has 6 nitrogen and oxygen atoms in total. The molecule has 0 bridgehead atoms. The van der Waals surface area contributed by atoms with Crippen molar-refractivity contribution in [2.45, 2.75) is 57.7 Å². The molecule has 0 unspecified atom stereocenters. The SMILES string of the molecule is CCCn1nc(C(=O)N[C@@H]2CCN3CCCC[C@@H]23)ccc1=O. The van der Waals surface area contributed by atoms with E-state index in [1.54, 1.807) is 0 Å². The normalized spacial score (nSPS) is 25.0. The lowest BCUT2D eigenvalue weighted by Gasteiger charge is -2.32. The molecule has 0 saturated carbocycles. The summed E-state index contributed by atoms with van der Waals surface area (Å²) in [6, 6.07) is 3.64. The fourth-order valence-corrected chi connectivity index (χ4v) is 3.60. The van der Waals surface area contributed by atoms with Gasteiger partial charge in [-0.25, -0.2) is 4.68 Å². The molecule has 2 saturated heterocycles. The largest absolute Gasteiger partial charge is 0.346 e. The van der Waals surface area contributed by atoms with Gasteiger partial charge in [-0.2, -0.15) is 5.10 Å². The number of hydrogen-bond donors (Lipinski definition) is 1. The predicted octanol–water partition coefficient (Wildman–Crippen LogP) is 1.01. The van der Waals surface area contributed by atoms with Crippen molar-refractivity contribution in [3.8, 4) is 0 Å². The molecular weight excluding hydrogens is 280 g/mol. The molecular formula is C16H24N4O2. The van der Waals surface area contributed by atoms with Crippen molar-refractivity contribution in [1.82, 2.24) is 20.0 Å². The van der Waals surface area contributed by atoms with Gasteiger partial charge in [-0.05, 0) is 38.3 Å². The quantitative estimate of drug-likeness (QED) is 0.901. The van der Waals surface area contributed by atoms with Gasteiger partial charge in [0.15, 0.2) is 0 Å². The van der Waals surface area contributed by atoms with Crippen LogP contribution in [-0.2, 0) is 6.54 Å². The van der Waals surface area contributed by atoms with Gasteiger partial charge in [-0.1, -0.05) is 13.3 Å². The van der Waals surface area contributed by atoms with Crippen molar-refractivity contribution in [2.75, 3.05) is 13.1 Å². The summed E-state index contributed by atoms with van der Waals surface area (Å²) in [5.74, 6) is -0.165. The first-order chi connectivity index (χ1) is 10.7. The van der Waals surface area contributed by atoms with E-state index < -0.39 is 0 Å². The second-order valence-electron chi connectivity index (χ2n) is 6.25. The number of piperidine rings is 1. The maximum Gasteiger partial charge on any atom is 0.271 e. The molecule has 120 valence electrons. The van der Waals surface area contributed by atoms with Gasteiger partial charge in [0, 0.05) is 31.2 Å². The Morgan fingerprint density at radius 2 is 2.18 bits per heavy atom. The smallest absolute Gasteiger partial charge is 0.271 e. The minimum Gasteiger partial charge on any atom is -0.346 e. The minimum atomic E-state index is -0.165. The molecule has 22 heavy (non-hydrogen) atoms. The van der Waals surface area contributed by atoms with E-state index in [9.17, 15) is 9.59 Å². The summed E-state index contributed by atoms with van der Waals surface area (Å²) in [4.78, 5) is 26.6. The second kappa shape index (κ2) is 6.60. The molecule has 1 aromatic rings. The van der Waals surface area contributed by atoms with Crippen LogP contribution in [0.25, 0.3) is 0 Å². The van der Waals surface area contributed by atoms with Gasteiger partial charge in [0.05, 0.1) is 0 Å². The molecule has 1 N–H and O–H groups in total. The van der Waals surface area contributed by atoms with Crippen molar-refractivity contribution >= 4 is 5.91 Å². The summed E-state index contributed by atoms with van der Waals surface area (Å²) in [7, 11) is 0. The van der Waals surface area contributed by atoms with Crippen LogP contribution in [0.2, 0.25) is 0 Å². The number of fused-ring (bicyclic) bond motifs is 1. The first-order valence-corrected chi connectivity index (χ1v) is 8.32. The van der Waals surface area contributed by atoms with E-state index in [0.717, 1.165) is 32.4 Å². The van der Waals surface area contributed by atoms with Crippen LogP contribution in [0.4, 0.5) is 0 Å². The summed E-state index contributed by atoms with van der Waals surface area (Å²) in [5.41, 5.74) is 0.181. The topological polar surface area (TPSA) is 67.2 Å². The van der Waals surface area contributed by atoms with E-state index in [0.29, 0.717) is 18.3 Å². The Bertz CT molecular complexity index is 598. The lowest BCUT2D eigenvalue weighted by molar-refractivity contribution is 0.0907. The summed E-state index contributed by atoms with van der Waals surface area (Å²) >= 11 is 0. The Balaban J connectivity index is 1.69. The molecule has 2 atom stereocenters. The maximum atomic E-state index is 12.4. The van der Waals surface area contributed by atoms with Gasteiger partial charge >= 0.3 is 0 Å². The monoisotopic (exact) mass is 304 g/mol. The van der Waals surface area contributed by atoms with Crippen LogP contribution in [0, 0.1) is 0 Å². The third-order valence-electron chi connectivity index (χ3n) is 4.71. The lowest BCUT2D eigenvalue weighted by Crippen LogP contribution is -2.47. The standard InChI is InChI=1S/C16H24N4O2/c1-2-9-20-15(21)7-6-13(18-20)16(22)17-12-8-11-19-10-4-3-5-14(12)19/h6-7,12,14H,2-5,8-11H2,1H3,(H,17,22)/t12-,14+/m1/s1. The molecule has 0 aromatic carbocycles. The highest BCUT2D eigenvalue weighted by atomic mass is 16.2. The number of hydrogen-bond acceptors (Lipinski definition) is 4. The van der Waals surface area contributed by atoms with Gasteiger partial charge in [0.25, 0.3) is 11.5 Å². The van der Waals surface area contributed by atoms with E-state index in [4.69, 9.17) is 0 Å². The highest BCUT2D eigenvalue weighted by molar-refractivity contribution is 5.92. The van der Waals surface area contributed by atoms with Gasteiger partial charge in [-0.15, -0.1) is 0 Å². The van der Waals surface area contributed by atoms with Crippen LogP contribution in [0.3, 0.4) is 0 Å². The predicted molar refractivity (Wildman–Crippen MR) is 83.9 cm³/mol. The van der Waals surface area contributed by atoms with Crippen LogP contribution in [0.15, 0.2) is 16.9 Å². The van der Waals surface area contributed by atoms with Crippen LogP contribution >= 0.6 is 0 Å². The second-order valence-corrected chi connectivity index (χ2v) is 6.25. The minimum absolute atomic E-state index is 0.155. The van der Waals surface area contributed by atoms with Crippen LogP contribution in [0.1, 0.15) is 49.5 Å². The Kier molecular flexibility index (Phi) is 4.57. The zero-order valence-corrected chi connectivity index (χ0v) is 13.1. The van der Waals surface area contributed by atoms with Crippen molar-refractivity contribution in [2.24, 2.45) is 0 Å². The summed E-state index contributed by atoms with van der Waals surface area (Å²) in [6.07, 6.45) is 5.49. The molecule has 2 aliphatic rings. The molecule has 0 aliphatic carbocycles. The van der Waals surface area contributed by atoms with Crippen LogP contribution < -0.4 is 10.9 Å². The number of carbonyl (C=O) groups excluding carboxylic acids is 1. The van der Waals surface area contributed by atoms with Gasteiger partial charge in [-0.3, -0.25) is 14.5 Å². The average molecular weight is 304 g/mol. The maximum absolute atomic E-state index is 12.4. The number of rotatable bonds is 4. The number of nitrogens with zero attached hydrogens (tertiary/aromatic N) is 3. The van der Waals surface area contributed by atoms with Crippen molar-refractivity contribution < 1.29 is 4.79 Å². The molecule has 1 amide bonds.